The Kier molecular flexibility index (Phi) is 7.72. The number of nitrogens with zero attached hydrogens (tertiary/aromatic N) is 3. The summed E-state index contributed by atoms with van der Waals surface area (Å²) in [6, 6.07) is 10.5. The Morgan fingerprint density at radius 3 is 2.63 bits per heavy atom. The molecule has 2 aliphatic rings. The highest BCUT2D eigenvalue weighted by Gasteiger charge is 2.25. The van der Waals surface area contributed by atoms with Gasteiger partial charge in [-0.15, -0.1) is 0 Å². The lowest BCUT2D eigenvalue weighted by molar-refractivity contribution is 0.136. The van der Waals surface area contributed by atoms with Gasteiger partial charge in [0.25, 0.3) is 0 Å². The van der Waals surface area contributed by atoms with Crippen LogP contribution in [0.15, 0.2) is 41.4 Å². The molecule has 1 saturated heterocycles. The molecule has 2 N–H and O–H groups in total. The molecule has 1 aromatic rings. The molecule has 1 aliphatic carbocycles. The summed E-state index contributed by atoms with van der Waals surface area (Å²) in [5, 5.41) is 13.5. The zero-order valence-corrected chi connectivity index (χ0v) is 16.6. The predicted octanol–water partition coefficient (Wildman–Crippen LogP) is 2.44. The van der Waals surface area contributed by atoms with Crippen molar-refractivity contribution in [1.82, 2.24) is 15.1 Å². The molecule has 0 amide bonds. The van der Waals surface area contributed by atoms with E-state index < -0.39 is 0 Å². The number of aliphatic hydroxyl groups excluding tert-OH is 1. The van der Waals surface area contributed by atoms with Crippen LogP contribution < -0.4 is 5.32 Å². The Morgan fingerprint density at radius 2 is 1.96 bits per heavy atom. The lowest BCUT2D eigenvalue weighted by Gasteiger charge is -2.36. The summed E-state index contributed by atoms with van der Waals surface area (Å²) in [6.07, 6.45) is 7.46. The van der Waals surface area contributed by atoms with Crippen LogP contribution in [0.3, 0.4) is 0 Å². The zero-order chi connectivity index (χ0) is 18.9. The van der Waals surface area contributed by atoms with Gasteiger partial charge in [0, 0.05) is 51.7 Å². The second-order valence-corrected chi connectivity index (χ2v) is 7.55. The maximum absolute atomic E-state index is 10.0. The van der Waals surface area contributed by atoms with E-state index in [9.17, 15) is 5.11 Å². The fourth-order valence-corrected chi connectivity index (χ4v) is 3.90. The molecule has 1 saturated carbocycles. The molecule has 2 fully saturated rings. The number of benzene rings is 1. The number of piperazine rings is 1. The van der Waals surface area contributed by atoms with E-state index in [2.05, 4.69) is 58.5 Å². The number of aliphatic hydroxyl groups is 1. The Labute approximate surface area is 163 Å². The molecule has 2 atom stereocenters. The first-order valence-corrected chi connectivity index (χ1v) is 10.4. The molecule has 1 heterocycles. The summed E-state index contributed by atoms with van der Waals surface area (Å²) in [6.45, 7) is 8.83. The Hall–Kier alpha value is -1.85. The van der Waals surface area contributed by atoms with Crippen LogP contribution in [0.4, 0.5) is 0 Å². The highest BCUT2D eigenvalue weighted by molar-refractivity contribution is 5.80. The zero-order valence-electron chi connectivity index (χ0n) is 16.6. The van der Waals surface area contributed by atoms with Crippen molar-refractivity contribution in [1.29, 1.82) is 0 Å². The quantitative estimate of drug-likeness (QED) is 0.597. The minimum atomic E-state index is -0.162. The molecule has 5 nitrogen and oxygen atoms in total. The molecule has 0 radical (unpaired) electrons. The SMILES string of the molecule is CCNC(=NCC1CCCC1O)N1CCN(C/C=C/c2ccccc2)CC1. The molecule has 1 aromatic carbocycles. The molecule has 5 heteroatoms. The van der Waals surface area contributed by atoms with Gasteiger partial charge in [0.15, 0.2) is 5.96 Å². The van der Waals surface area contributed by atoms with Crippen molar-refractivity contribution in [3.8, 4) is 0 Å². The van der Waals surface area contributed by atoms with Gasteiger partial charge < -0.3 is 15.3 Å². The Morgan fingerprint density at radius 1 is 1.19 bits per heavy atom. The Bertz CT molecular complexity index is 608. The van der Waals surface area contributed by atoms with Gasteiger partial charge in [-0.25, -0.2) is 0 Å². The highest BCUT2D eigenvalue weighted by Crippen LogP contribution is 2.25. The second kappa shape index (κ2) is 10.5. The number of aliphatic imine (C=N–C) groups is 1. The summed E-state index contributed by atoms with van der Waals surface area (Å²) in [7, 11) is 0. The third kappa shape index (κ3) is 6.08. The molecule has 0 aromatic heterocycles. The molecule has 3 rings (SSSR count). The monoisotopic (exact) mass is 370 g/mol. The smallest absolute Gasteiger partial charge is 0.194 e. The third-order valence-corrected chi connectivity index (χ3v) is 5.57. The van der Waals surface area contributed by atoms with Crippen LogP contribution in [0, 0.1) is 5.92 Å². The van der Waals surface area contributed by atoms with E-state index in [1.54, 1.807) is 0 Å². The number of hydrogen-bond acceptors (Lipinski definition) is 3. The lowest BCUT2D eigenvalue weighted by atomic mass is 10.1. The fraction of sp³-hybridized carbons (Fsp3) is 0.591. The summed E-state index contributed by atoms with van der Waals surface area (Å²) in [5.41, 5.74) is 1.26. The third-order valence-electron chi connectivity index (χ3n) is 5.57. The van der Waals surface area contributed by atoms with Crippen LogP contribution in [0.5, 0.6) is 0 Å². The average Bonchev–Trinajstić information content (AvgIpc) is 3.11. The number of nitrogens with one attached hydrogen (secondary N) is 1. The highest BCUT2D eigenvalue weighted by atomic mass is 16.3. The van der Waals surface area contributed by atoms with Crippen molar-refractivity contribution in [3.05, 3.63) is 42.0 Å². The van der Waals surface area contributed by atoms with E-state index in [1.165, 1.54) is 5.56 Å². The van der Waals surface area contributed by atoms with E-state index in [0.29, 0.717) is 5.92 Å². The van der Waals surface area contributed by atoms with Crippen LogP contribution in [-0.2, 0) is 0 Å². The second-order valence-electron chi connectivity index (χ2n) is 7.55. The summed E-state index contributed by atoms with van der Waals surface area (Å²) in [5.74, 6) is 1.35. The molecular formula is C22H34N4O. The fourth-order valence-electron chi connectivity index (χ4n) is 3.90. The average molecular weight is 371 g/mol. The van der Waals surface area contributed by atoms with Crippen LogP contribution in [0.2, 0.25) is 0 Å². The van der Waals surface area contributed by atoms with Gasteiger partial charge in [0.2, 0.25) is 0 Å². The van der Waals surface area contributed by atoms with E-state index in [4.69, 9.17) is 4.99 Å². The first-order chi connectivity index (χ1) is 13.3. The van der Waals surface area contributed by atoms with Crippen molar-refractivity contribution in [2.24, 2.45) is 10.9 Å². The number of guanidine groups is 1. The van der Waals surface area contributed by atoms with E-state index in [0.717, 1.165) is 71.0 Å². The molecule has 0 spiro atoms. The lowest BCUT2D eigenvalue weighted by Crippen LogP contribution is -2.52. The Balaban J connectivity index is 1.46. The largest absolute Gasteiger partial charge is 0.393 e. The normalized spacial score (nSPS) is 24.7. The first-order valence-electron chi connectivity index (χ1n) is 10.4. The van der Waals surface area contributed by atoms with Crippen molar-refractivity contribution >= 4 is 12.0 Å². The van der Waals surface area contributed by atoms with E-state index >= 15 is 0 Å². The maximum atomic E-state index is 10.0. The van der Waals surface area contributed by atoms with E-state index in [-0.39, 0.29) is 6.10 Å². The topological polar surface area (TPSA) is 51.1 Å². The minimum Gasteiger partial charge on any atom is -0.393 e. The van der Waals surface area contributed by atoms with Crippen LogP contribution >= 0.6 is 0 Å². The van der Waals surface area contributed by atoms with Crippen molar-refractivity contribution in [2.75, 3.05) is 45.8 Å². The van der Waals surface area contributed by atoms with Gasteiger partial charge >= 0.3 is 0 Å². The molecule has 0 bridgehead atoms. The molecule has 148 valence electrons. The molecule has 27 heavy (non-hydrogen) atoms. The van der Waals surface area contributed by atoms with Gasteiger partial charge in [-0.1, -0.05) is 48.9 Å². The first kappa shape index (κ1) is 19.9. The van der Waals surface area contributed by atoms with Gasteiger partial charge in [-0.3, -0.25) is 9.89 Å². The van der Waals surface area contributed by atoms with E-state index in [1.807, 2.05) is 6.07 Å². The summed E-state index contributed by atoms with van der Waals surface area (Å²) in [4.78, 5) is 9.69. The van der Waals surface area contributed by atoms with Gasteiger partial charge in [-0.2, -0.15) is 0 Å². The molecule has 1 aliphatic heterocycles. The van der Waals surface area contributed by atoms with Gasteiger partial charge in [0.1, 0.15) is 0 Å². The van der Waals surface area contributed by atoms with Crippen molar-refractivity contribution < 1.29 is 5.11 Å². The number of hydrogen-bond donors (Lipinski definition) is 2. The standard InChI is InChI=1S/C22H34N4O/c1-2-23-22(24-18-20-11-6-12-21(20)27)26-16-14-25(15-17-26)13-7-10-19-8-4-3-5-9-19/h3-5,7-10,20-21,27H,2,6,11-18H2,1H3,(H,23,24)/b10-7+. The maximum Gasteiger partial charge on any atom is 0.194 e. The van der Waals surface area contributed by atoms with Crippen molar-refractivity contribution in [2.45, 2.75) is 32.3 Å². The van der Waals surface area contributed by atoms with Gasteiger partial charge in [0.05, 0.1) is 6.10 Å². The van der Waals surface area contributed by atoms with Gasteiger partial charge in [-0.05, 0) is 25.3 Å². The molecular weight excluding hydrogens is 336 g/mol. The summed E-state index contributed by atoms with van der Waals surface area (Å²) >= 11 is 0. The number of rotatable bonds is 6. The summed E-state index contributed by atoms with van der Waals surface area (Å²) < 4.78 is 0. The van der Waals surface area contributed by atoms with Crippen LogP contribution in [0.25, 0.3) is 6.08 Å². The van der Waals surface area contributed by atoms with Crippen LogP contribution in [0.1, 0.15) is 31.7 Å². The van der Waals surface area contributed by atoms with Crippen LogP contribution in [-0.4, -0.2) is 72.8 Å². The minimum absolute atomic E-state index is 0.162. The predicted molar refractivity (Wildman–Crippen MR) is 113 cm³/mol. The molecule has 2 unspecified atom stereocenters. The van der Waals surface area contributed by atoms with Crippen molar-refractivity contribution in [3.63, 3.8) is 0 Å².